The lowest BCUT2D eigenvalue weighted by Gasteiger charge is -2.09. The van der Waals surface area contributed by atoms with Gasteiger partial charge in [-0.2, -0.15) is 0 Å². The maximum atomic E-state index is 11.8. The van der Waals surface area contributed by atoms with Gasteiger partial charge in [0.05, 0.1) is 12.1 Å². The zero-order valence-corrected chi connectivity index (χ0v) is 11.1. The molecule has 2 heterocycles. The van der Waals surface area contributed by atoms with Crippen LogP contribution in [-0.4, -0.2) is 21.3 Å². The van der Waals surface area contributed by atoms with Crippen LogP contribution < -0.4 is 5.32 Å². The lowest BCUT2D eigenvalue weighted by Crippen LogP contribution is -2.33. The van der Waals surface area contributed by atoms with Crippen molar-refractivity contribution >= 4 is 11.6 Å². The second kappa shape index (κ2) is 5.21. The number of hydrogen-bond donors (Lipinski definition) is 1. The Labute approximate surface area is 107 Å². The van der Waals surface area contributed by atoms with Crippen LogP contribution in [0.4, 0.5) is 0 Å². The number of carbonyl (C=O) groups excluding carboxylic acids is 1. The van der Waals surface area contributed by atoms with Crippen LogP contribution in [0.3, 0.4) is 0 Å². The van der Waals surface area contributed by atoms with E-state index in [2.05, 4.69) is 17.2 Å². The zero-order chi connectivity index (χ0) is 13.1. The standard InChI is InChI=1S/C14H19N3O/c1-4-11(3)15-13(18)8-12-9-17-7-5-6-10(2)14(17)16-12/h5-7,9,11H,4,8H2,1-3H3,(H,15,18). The van der Waals surface area contributed by atoms with Crippen LogP contribution >= 0.6 is 0 Å². The Bertz CT molecular complexity index is 559. The van der Waals surface area contributed by atoms with Crippen LogP contribution in [0.15, 0.2) is 24.5 Å². The average Bonchev–Trinajstić information content (AvgIpc) is 2.72. The summed E-state index contributed by atoms with van der Waals surface area (Å²) in [7, 11) is 0. The minimum atomic E-state index is 0.0328. The van der Waals surface area contributed by atoms with Crippen molar-refractivity contribution < 1.29 is 4.79 Å². The third-order valence-electron chi connectivity index (χ3n) is 3.09. The summed E-state index contributed by atoms with van der Waals surface area (Å²) in [4.78, 5) is 16.3. The van der Waals surface area contributed by atoms with Crippen molar-refractivity contribution in [3.05, 3.63) is 35.8 Å². The first-order valence-corrected chi connectivity index (χ1v) is 6.32. The van der Waals surface area contributed by atoms with Crippen LogP contribution in [0.1, 0.15) is 31.5 Å². The minimum absolute atomic E-state index is 0.0328. The van der Waals surface area contributed by atoms with Gasteiger partial charge in [-0.3, -0.25) is 4.79 Å². The fourth-order valence-electron chi connectivity index (χ4n) is 1.88. The number of hydrogen-bond acceptors (Lipinski definition) is 2. The number of aromatic nitrogens is 2. The summed E-state index contributed by atoms with van der Waals surface area (Å²) in [6, 6.07) is 4.22. The normalized spacial score (nSPS) is 12.6. The summed E-state index contributed by atoms with van der Waals surface area (Å²) in [6.07, 6.45) is 5.14. The van der Waals surface area contributed by atoms with E-state index in [1.54, 1.807) is 0 Å². The first kappa shape index (κ1) is 12.6. The molecule has 1 N–H and O–H groups in total. The van der Waals surface area contributed by atoms with Crippen molar-refractivity contribution in [3.63, 3.8) is 0 Å². The molecule has 4 heteroatoms. The lowest BCUT2D eigenvalue weighted by atomic mass is 10.2. The summed E-state index contributed by atoms with van der Waals surface area (Å²) in [5.41, 5.74) is 2.85. The Morgan fingerprint density at radius 2 is 2.33 bits per heavy atom. The number of nitrogens with one attached hydrogen (secondary N) is 1. The molecule has 0 aromatic carbocycles. The Kier molecular flexibility index (Phi) is 3.65. The molecule has 0 aliphatic heterocycles. The highest BCUT2D eigenvalue weighted by Crippen LogP contribution is 2.10. The zero-order valence-electron chi connectivity index (χ0n) is 11.1. The van der Waals surface area contributed by atoms with E-state index in [0.29, 0.717) is 6.42 Å². The van der Waals surface area contributed by atoms with Crippen molar-refractivity contribution in [2.45, 2.75) is 39.7 Å². The first-order valence-electron chi connectivity index (χ1n) is 6.32. The Morgan fingerprint density at radius 3 is 3.00 bits per heavy atom. The monoisotopic (exact) mass is 245 g/mol. The number of rotatable bonds is 4. The summed E-state index contributed by atoms with van der Waals surface area (Å²) >= 11 is 0. The number of pyridine rings is 1. The van der Waals surface area contributed by atoms with Gasteiger partial charge in [0.1, 0.15) is 5.65 Å². The van der Waals surface area contributed by atoms with Gasteiger partial charge in [0, 0.05) is 18.4 Å². The van der Waals surface area contributed by atoms with Crippen LogP contribution in [0.5, 0.6) is 0 Å². The molecule has 0 aliphatic carbocycles. The van der Waals surface area contributed by atoms with Gasteiger partial charge in [-0.15, -0.1) is 0 Å². The van der Waals surface area contributed by atoms with Crippen molar-refractivity contribution in [1.29, 1.82) is 0 Å². The molecule has 1 amide bonds. The molecule has 96 valence electrons. The molecular weight excluding hydrogens is 226 g/mol. The van der Waals surface area contributed by atoms with Gasteiger partial charge in [-0.1, -0.05) is 13.0 Å². The quantitative estimate of drug-likeness (QED) is 0.896. The number of nitrogens with zero attached hydrogens (tertiary/aromatic N) is 2. The molecule has 2 aromatic heterocycles. The number of amides is 1. The molecular formula is C14H19N3O. The molecule has 18 heavy (non-hydrogen) atoms. The van der Waals surface area contributed by atoms with E-state index in [9.17, 15) is 4.79 Å². The minimum Gasteiger partial charge on any atom is -0.353 e. The van der Waals surface area contributed by atoms with Gasteiger partial charge >= 0.3 is 0 Å². The summed E-state index contributed by atoms with van der Waals surface area (Å²) in [5, 5.41) is 2.95. The number of fused-ring (bicyclic) bond motifs is 1. The first-order chi connectivity index (χ1) is 8.60. The molecule has 4 nitrogen and oxygen atoms in total. The number of carbonyl (C=O) groups is 1. The van der Waals surface area contributed by atoms with Crippen LogP contribution in [0.25, 0.3) is 5.65 Å². The van der Waals surface area contributed by atoms with E-state index < -0.39 is 0 Å². The molecule has 1 unspecified atom stereocenters. The largest absolute Gasteiger partial charge is 0.353 e. The SMILES string of the molecule is CCC(C)NC(=O)Cc1cn2cccc(C)c2n1. The molecule has 0 radical (unpaired) electrons. The van der Waals surface area contributed by atoms with Gasteiger partial charge in [-0.05, 0) is 31.9 Å². The summed E-state index contributed by atoms with van der Waals surface area (Å²) in [6.45, 7) is 6.08. The highest BCUT2D eigenvalue weighted by atomic mass is 16.1. The third-order valence-corrected chi connectivity index (χ3v) is 3.09. The smallest absolute Gasteiger partial charge is 0.226 e. The van der Waals surface area contributed by atoms with Crippen molar-refractivity contribution in [2.24, 2.45) is 0 Å². The predicted octanol–water partition coefficient (Wildman–Crippen LogP) is 2.10. The predicted molar refractivity (Wildman–Crippen MR) is 71.5 cm³/mol. The number of aryl methyl sites for hydroxylation is 1. The van der Waals surface area contributed by atoms with E-state index >= 15 is 0 Å². The average molecular weight is 245 g/mol. The molecule has 1 atom stereocenters. The maximum absolute atomic E-state index is 11.8. The second-order valence-electron chi connectivity index (χ2n) is 4.71. The second-order valence-corrected chi connectivity index (χ2v) is 4.71. The lowest BCUT2D eigenvalue weighted by molar-refractivity contribution is -0.121. The molecule has 0 fully saturated rings. The third kappa shape index (κ3) is 2.70. The van der Waals surface area contributed by atoms with Crippen molar-refractivity contribution in [3.8, 4) is 0 Å². The molecule has 0 bridgehead atoms. The molecule has 0 saturated heterocycles. The fraction of sp³-hybridized carbons (Fsp3) is 0.429. The van der Waals surface area contributed by atoms with E-state index in [-0.39, 0.29) is 11.9 Å². The molecule has 2 rings (SSSR count). The highest BCUT2D eigenvalue weighted by molar-refractivity contribution is 5.78. The topological polar surface area (TPSA) is 46.4 Å². The number of imidazole rings is 1. The summed E-state index contributed by atoms with van der Waals surface area (Å²) in [5.74, 6) is 0.0328. The van der Waals surface area contributed by atoms with Gasteiger partial charge in [-0.25, -0.2) is 4.98 Å². The Hall–Kier alpha value is -1.84. The van der Waals surface area contributed by atoms with E-state index in [0.717, 1.165) is 23.3 Å². The molecule has 2 aromatic rings. The molecule has 0 aliphatic rings. The van der Waals surface area contributed by atoms with Crippen LogP contribution in [0, 0.1) is 6.92 Å². The maximum Gasteiger partial charge on any atom is 0.226 e. The van der Waals surface area contributed by atoms with E-state index in [4.69, 9.17) is 0 Å². The van der Waals surface area contributed by atoms with Crippen molar-refractivity contribution in [2.75, 3.05) is 0 Å². The van der Waals surface area contributed by atoms with Gasteiger partial charge in [0.15, 0.2) is 0 Å². The highest BCUT2D eigenvalue weighted by Gasteiger charge is 2.10. The van der Waals surface area contributed by atoms with Crippen LogP contribution in [0.2, 0.25) is 0 Å². The Morgan fingerprint density at radius 1 is 1.56 bits per heavy atom. The van der Waals surface area contributed by atoms with E-state index in [1.807, 2.05) is 42.8 Å². The molecule has 0 saturated carbocycles. The van der Waals surface area contributed by atoms with Gasteiger partial charge in [0.2, 0.25) is 5.91 Å². The fourth-order valence-corrected chi connectivity index (χ4v) is 1.88. The van der Waals surface area contributed by atoms with Crippen molar-refractivity contribution in [1.82, 2.24) is 14.7 Å². The van der Waals surface area contributed by atoms with Gasteiger partial charge in [0.25, 0.3) is 0 Å². The van der Waals surface area contributed by atoms with Crippen LogP contribution in [-0.2, 0) is 11.2 Å². The van der Waals surface area contributed by atoms with Gasteiger partial charge < -0.3 is 9.72 Å². The van der Waals surface area contributed by atoms with E-state index in [1.165, 1.54) is 0 Å². The molecule has 0 spiro atoms. The summed E-state index contributed by atoms with van der Waals surface area (Å²) < 4.78 is 1.96. The Balaban J connectivity index is 2.13.